The summed E-state index contributed by atoms with van der Waals surface area (Å²) < 4.78 is 16.4. The van der Waals surface area contributed by atoms with Crippen LogP contribution in [0.4, 0.5) is 11.8 Å². The Morgan fingerprint density at radius 2 is 1.96 bits per heavy atom. The molecule has 14 heteroatoms. The minimum Gasteiger partial charge on any atom is -0.484 e. The standard InChI is InChI=1S/C33H44ClN7O5.H2S/c1-33(2,3)41-12-10-40(11-13-41)32-37-27(14-30(38-32)36-23-18-44-19-23)28(43)6-5-24(42)17-39-9-8-26-22(16-39)4-7-29(31(26)34)45-20-25-15-35-21-46-25;/h4,7,14-15,21,23-24,42H,5-6,8-13,16-20H2,1-3H3,(H,36,37,38);1H2/t24-;/m0./s1. The van der Waals surface area contributed by atoms with Crippen LogP contribution in [0.2, 0.25) is 5.02 Å². The average Bonchev–Trinajstić information content (AvgIpc) is 3.55. The number of hydrogen-bond donors (Lipinski definition) is 2. The Kier molecular flexibility index (Phi) is 11.7. The lowest BCUT2D eigenvalue weighted by molar-refractivity contribution is 0.0209. The van der Waals surface area contributed by atoms with Gasteiger partial charge in [0.05, 0.1) is 36.6 Å². The molecule has 0 unspecified atom stereocenters. The van der Waals surface area contributed by atoms with Crippen molar-refractivity contribution in [2.45, 2.75) is 70.9 Å². The molecule has 5 heterocycles. The summed E-state index contributed by atoms with van der Waals surface area (Å²) in [6.07, 6.45) is 3.62. The maximum atomic E-state index is 13.4. The molecule has 12 nitrogen and oxygen atoms in total. The molecule has 0 amide bonds. The first-order valence-electron chi connectivity index (χ1n) is 16.1. The Morgan fingerprint density at radius 1 is 1.17 bits per heavy atom. The van der Waals surface area contributed by atoms with E-state index in [1.807, 2.05) is 12.1 Å². The SMILES string of the molecule is CC(C)(C)N1CCN(c2nc(NC3COC3)cc(C(=O)CC[C@H](O)CN3CCc4c(ccc(OCc5cnco5)c4Cl)C3)n2)CC1.S. The Balaban J connectivity index is 0.00000433. The Hall–Kier alpha value is -2.94. The first kappa shape index (κ1) is 35.4. The van der Waals surface area contributed by atoms with E-state index in [4.69, 9.17) is 35.5 Å². The zero-order chi connectivity index (χ0) is 32.3. The zero-order valence-corrected chi connectivity index (χ0v) is 29.1. The predicted molar refractivity (Wildman–Crippen MR) is 185 cm³/mol. The number of Topliss-reactive ketones (excluding diaryl/α,β-unsaturated/α-hetero) is 1. The molecule has 1 aromatic carbocycles. The Bertz CT molecular complexity index is 1490. The van der Waals surface area contributed by atoms with Crippen molar-refractivity contribution in [1.82, 2.24) is 24.8 Å². The molecule has 0 aliphatic carbocycles. The van der Waals surface area contributed by atoms with E-state index in [1.54, 1.807) is 12.3 Å². The van der Waals surface area contributed by atoms with Crippen LogP contribution in [-0.2, 0) is 24.3 Å². The summed E-state index contributed by atoms with van der Waals surface area (Å²) in [4.78, 5) is 33.6. The fourth-order valence-electron chi connectivity index (χ4n) is 6.09. The molecule has 0 spiro atoms. The third-order valence-electron chi connectivity index (χ3n) is 8.91. The van der Waals surface area contributed by atoms with Crippen molar-refractivity contribution in [3.8, 4) is 5.75 Å². The quantitative estimate of drug-likeness (QED) is 0.268. The summed E-state index contributed by atoms with van der Waals surface area (Å²) in [6.45, 7) is 13.4. The van der Waals surface area contributed by atoms with Crippen molar-refractivity contribution in [1.29, 1.82) is 0 Å². The van der Waals surface area contributed by atoms with E-state index >= 15 is 0 Å². The normalized spacial score (nSPS) is 18.2. The fraction of sp³-hybridized carbons (Fsp3) is 0.576. The van der Waals surface area contributed by atoms with Crippen LogP contribution in [0.1, 0.15) is 61.0 Å². The predicted octanol–water partition coefficient (Wildman–Crippen LogP) is 3.92. The third kappa shape index (κ3) is 8.95. The number of rotatable bonds is 12. The summed E-state index contributed by atoms with van der Waals surface area (Å²) in [5, 5.41) is 14.9. The highest BCUT2D eigenvalue weighted by molar-refractivity contribution is 7.59. The molecule has 0 radical (unpaired) electrons. The second-order valence-electron chi connectivity index (χ2n) is 13.3. The number of nitrogens with zero attached hydrogens (tertiary/aromatic N) is 6. The number of benzene rings is 1. The van der Waals surface area contributed by atoms with Crippen molar-refractivity contribution in [3.05, 3.63) is 58.4 Å². The van der Waals surface area contributed by atoms with Gasteiger partial charge < -0.3 is 29.2 Å². The number of nitrogens with one attached hydrogen (secondary N) is 1. The van der Waals surface area contributed by atoms with Gasteiger partial charge in [-0.25, -0.2) is 9.97 Å². The molecule has 47 heavy (non-hydrogen) atoms. The fourth-order valence-corrected chi connectivity index (χ4v) is 6.42. The van der Waals surface area contributed by atoms with E-state index in [0.717, 1.165) is 50.3 Å². The number of aliphatic hydroxyl groups is 1. The number of oxazole rings is 1. The number of aliphatic hydroxyl groups excluding tert-OH is 1. The summed E-state index contributed by atoms with van der Waals surface area (Å²) >= 11 is 6.70. The van der Waals surface area contributed by atoms with Crippen molar-refractivity contribution < 1.29 is 23.8 Å². The highest BCUT2D eigenvalue weighted by atomic mass is 35.5. The molecule has 2 N–H and O–H groups in total. The lowest BCUT2D eigenvalue weighted by atomic mass is 9.98. The summed E-state index contributed by atoms with van der Waals surface area (Å²) in [6, 6.07) is 5.80. The first-order valence-corrected chi connectivity index (χ1v) is 16.5. The van der Waals surface area contributed by atoms with E-state index < -0.39 is 6.10 Å². The van der Waals surface area contributed by atoms with Gasteiger partial charge in [0.25, 0.3) is 0 Å². The zero-order valence-electron chi connectivity index (χ0n) is 27.4. The molecule has 2 aromatic heterocycles. The molecule has 3 aromatic rings. The third-order valence-corrected chi connectivity index (χ3v) is 9.32. The number of fused-ring (bicyclic) bond motifs is 1. The number of anilines is 2. The van der Waals surface area contributed by atoms with Gasteiger partial charge in [0.1, 0.15) is 23.9 Å². The Labute approximate surface area is 288 Å². The highest BCUT2D eigenvalue weighted by Crippen LogP contribution is 2.34. The number of piperazine rings is 1. The molecule has 2 fully saturated rings. The van der Waals surface area contributed by atoms with Gasteiger partial charge in [-0.15, -0.1) is 0 Å². The van der Waals surface area contributed by atoms with Crippen LogP contribution in [0, 0.1) is 0 Å². The van der Waals surface area contributed by atoms with Crippen LogP contribution in [-0.4, -0.2) is 106 Å². The van der Waals surface area contributed by atoms with E-state index in [2.05, 4.69) is 45.8 Å². The summed E-state index contributed by atoms with van der Waals surface area (Å²) in [7, 11) is 0. The topological polar surface area (TPSA) is 129 Å². The molecule has 0 bridgehead atoms. The van der Waals surface area contributed by atoms with Gasteiger partial charge in [0.2, 0.25) is 5.95 Å². The van der Waals surface area contributed by atoms with E-state index in [-0.39, 0.29) is 43.9 Å². The second kappa shape index (κ2) is 15.5. The van der Waals surface area contributed by atoms with Gasteiger partial charge in [-0.05, 0) is 50.8 Å². The summed E-state index contributed by atoms with van der Waals surface area (Å²) in [5.74, 6) is 2.35. The van der Waals surface area contributed by atoms with Gasteiger partial charge in [-0.1, -0.05) is 17.7 Å². The number of hydrogen-bond acceptors (Lipinski definition) is 12. The van der Waals surface area contributed by atoms with Crippen LogP contribution in [0.25, 0.3) is 0 Å². The number of β-amino-alcohol motifs (C(OH)–C–C–N with tert-alkyl or cyclic N) is 1. The monoisotopic (exact) mass is 687 g/mol. The summed E-state index contributed by atoms with van der Waals surface area (Å²) in [5.41, 5.74) is 2.65. The van der Waals surface area contributed by atoms with Gasteiger partial charge in [0, 0.05) is 63.8 Å². The number of carbonyl (C=O) groups is 1. The molecular formula is C33H46ClN7O5S. The lowest BCUT2D eigenvalue weighted by Gasteiger charge is -2.42. The van der Waals surface area contributed by atoms with Gasteiger partial charge in [0.15, 0.2) is 17.9 Å². The number of halogens is 1. The molecule has 256 valence electrons. The minimum absolute atomic E-state index is 0. The minimum atomic E-state index is -0.651. The van der Waals surface area contributed by atoms with E-state index in [1.165, 1.54) is 6.39 Å². The molecule has 1 atom stereocenters. The maximum absolute atomic E-state index is 13.4. The smallest absolute Gasteiger partial charge is 0.228 e. The van der Waals surface area contributed by atoms with Crippen LogP contribution in [0.15, 0.2) is 35.2 Å². The average molecular weight is 688 g/mol. The molecule has 3 aliphatic rings. The van der Waals surface area contributed by atoms with Crippen LogP contribution in [0.3, 0.4) is 0 Å². The van der Waals surface area contributed by atoms with Crippen LogP contribution >= 0.6 is 25.1 Å². The van der Waals surface area contributed by atoms with Crippen molar-refractivity contribution >= 4 is 42.6 Å². The number of ketones is 1. The largest absolute Gasteiger partial charge is 0.484 e. The van der Waals surface area contributed by atoms with Crippen molar-refractivity contribution in [2.24, 2.45) is 0 Å². The lowest BCUT2D eigenvalue weighted by Crippen LogP contribution is -2.53. The number of ether oxygens (including phenoxy) is 2. The second-order valence-corrected chi connectivity index (χ2v) is 13.7. The van der Waals surface area contributed by atoms with Gasteiger partial charge >= 0.3 is 0 Å². The van der Waals surface area contributed by atoms with Crippen molar-refractivity contribution in [3.63, 3.8) is 0 Å². The molecule has 6 rings (SSSR count). The van der Waals surface area contributed by atoms with E-state index in [0.29, 0.717) is 66.7 Å². The molecule has 3 aliphatic heterocycles. The van der Waals surface area contributed by atoms with Crippen LogP contribution in [0.5, 0.6) is 5.75 Å². The van der Waals surface area contributed by atoms with E-state index in [9.17, 15) is 9.90 Å². The maximum Gasteiger partial charge on any atom is 0.228 e. The molecule has 0 saturated carbocycles. The van der Waals surface area contributed by atoms with Gasteiger partial charge in [-0.2, -0.15) is 18.5 Å². The first-order chi connectivity index (χ1) is 22.1. The number of carbonyl (C=O) groups excluding carboxylic acids is 1. The Morgan fingerprint density at radius 3 is 2.64 bits per heavy atom. The highest BCUT2D eigenvalue weighted by Gasteiger charge is 2.29. The molecule has 2 saturated heterocycles. The van der Waals surface area contributed by atoms with Gasteiger partial charge in [-0.3, -0.25) is 14.6 Å². The number of aromatic nitrogens is 3. The van der Waals surface area contributed by atoms with Crippen LogP contribution < -0.4 is 15.0 Å². The molecular weight excluding hydrogens is 642 g/mol. The van der Waals surface area contributed by atoms with Crippen molar-refractivity contribution in [2.75, 3.05) is 62.7 Å².